The summed E-state index contributed by atoms with van der Waals surface area (Å²) < 4.78 is 8.90. The Hall–Kier alpha value is -2.48. The van der Waals surface area contributed by atoms with Crippen LogP contribution < -0.4 is 4.87 Å². The van der Waals surface area contributed by atoms with Crippen LogP contribution in [0.5, 0.6) is 0 Å². The molecular weight excluding hydrogens is 254 g/mol. The van der Waals surface area contributed by atoms with Crippen LogP contribution in [0.15, 0.2) is 40.3 Å². The number of fused-ring (bicyclic) bond motifs is 3. The van der Waals surface area contributed by atoms with Crippen molar-refractivity contribution in [2.24, 2.45) is 0 Å². The van der Waals surface area contributed by atoms with Crippen molar-refractivity contribution in [1.82, 2.24) is 24.1 Å². The van der Waals surface area contributed by atoms with Crippen molar-refractivity contribution in [2.45, 2.75) is 0 Å². The van der Waals surface area contributed by atoms with Crippen LogP contribution >= 0.6 is 11.3 Å². The zero-order chi connectivity index (χ0) is 12.1. The lowest BCUT2D eigenvalue weighted by atomic mass is 10.5. The molecule has 0 aliphatic rings. The minimum Gasteiger partial charge on any atom is -0.448 e. The molecule has 0 amide bonds. The van der Waals surface area contributed by atoms with Crippen LogP contribution in [0.2, 0.25) is 0 Å². The van der Waals surface area contributed by atoms with Gasteiger partial charge in [-0.05, 0) is 6.07 Å². The molecule has 4 aromatic rings. The number of hydrogen-bond donors (Lipinski definition) is 0. The highest BCUT2D eigenvalue weighted by atomic mass is 32.1. The predicted octanol–water partition coefficient (Wildman–Crippen LogP) is 1.08. The Morgan fingerprint density at radius 2 is 2.22 bits per heavy atom. The standard InChI is InChI=1S/C10H5N5O2S/c16-10-15(6-2-1-3-17-6)9-7(18-10)8-11-4-13-14(8)5-12-9/h1-5H. The molecule has 0 radical (unpaired) electrons. The van der Waals surface area contributed by atoms with E-state index in [-0.39, 0.29) is 4.87 Å². The summed E-state index contributed by atoms with van der Waals surface area (Å²) in [6.07, 6.45) is 4.47. The second-order valence-electron chi connectivity index (χ2n) is 3.58. The van der Waals surface area contributed by atoms with Gasteiger partial charge in [0.15, 0.2) is 11.3 Å². The summed E-state index contributed by atoms with van der Waals surface area (Å²) in [7, 11) is 0. The van der Waals surface area contributed by atoms with Crippen molar-refractivity contribution >= 4 is 27.3 Å². The highest BCUT2D eigenvalue weighted by molar-refractivity contribution is 7.17. The zero-order valence-electron chi connectivity index (χ0n) is 8.85. The molecule has 88 valence electrons. The van der Waals surface area contributed by atoms with Gasteiger partial charge >= 0.3 is 4.87 Å². The summed E-state index contributed by atoms with van der Waals surface area (Å²) in [5, 5.41) is 3.99. The molecule has 0 aromatic carbocycles. The molecule has 0 aliphatic carbocycles. The first-order chi connectivity index (χ1) is 8.84. The Balaban J connectivity index is 2.22. The topological polar surface area (TPSA) is 78.2 Å². The largest absolute Gasteiger partial charge is 0.448 e. The van der Waals surface area contributed by atoms with Gasteiger partial charge in [-0.1, -0.05) is 11.3 Å². The number of furan rings is 1. The summed E-state index contributed by atoms with van der Waals surface area (Å²) in [6, 6.07) is 3.43. The summed E-state index contributed by atoms with van der Waals surface area (Å²) in [6.45, 7) is 0. The lowest BCUT2D eigenvalue weighted by Crippen LogP contribution is -2.09. The number of rotatable bonds is 1. The molecule has 0 saturated carbocycles. The molecule has 0 unspecified atom stereocenters. The Bertz CT molecular complexity index is 901. The van der Waals surface area contributed by atoms with Crippen molar-refractivity contribution < 1.29 is 4.42 Å². The van der Waals surface area contributed by atoms with Crippen molar-refractivity contribution in [3.05, 3.63) is 40.7 Å². The van der Waals surface area contributed by atoms with Crippen molar-refractivity contribution in [3.63, 3.8) is 0 Å². The Morgan fingerprint density at radius 3 is 3.06 bits per heavy atom. The first kappa shape index (κ1) is 9.54. The SMILES string of the molecule is O=c1sc2c(ncn3ncnc23)n1-c1ccco1. The zero-order valence-corrected chi connectivity index (χ0v) is 9.66. The van der Waals surface area contributed by atoms with E-state index >= 15 is 0 Å². The summed E-state index contributed by atoms with van der Waals surface area (Å²) in [5.74, 6) is 0.447. The molecule has 4 heterocycles. The fraction of sp³-hybridized carbons (Fsp3) is 0. The monoisotopic (exact) mass is 259 g/mol. The first-order valence-corrected chi connectivity index (χ1v) is 5.90. The molecule has 0 saturated heterocycles. The number of nitrogens with zero attached hydrogens (tertiary/aromatic N) is 5. The number of thiazole rings is 1. The van der Waals surface area contributed by atoms with Crippen LogP contribution in [0.3, 0.4) is 0 Å². The third kappa shape index (κ3) is 1.12. The lowest BCUT2D eigenvalue weighted by molar-refractivity contribution is 0.540. The van der Waals surface area contributed by atoms with Gasteiger partial charge in [0.2, 0.25) is 5.88 Å². The molecule has 0 N–H and O–H groups in total. The van der Waals surface area contributed by atoms with E-state index in [1.54, 1.807) is 12.1 Å². The maximum atomic E-state index is 12.0. The predicted molar refractivity (Wildman–Crippen MR) is 64.0 cm³/mol. The number of hydrogen-bond acceptors (Lipinski definition) is 6. The van der Waals surface area contributed by atoms with Crippen molar-refractivity contribution in [2.75, 3.05) is 0 Å². The highest BCUT2D eigenvalue weighted by Gasteiger charge is 2.16. The minimum absolute atomic E-state index is 0.163. The maximum absolute atomic E-state index is 12.0. The third-order valence-corrected chi connectivity index (χ3v) is 3.51. The van der Waals surface area contributed by atoms with E-state index in [4.69, 9.17) is 4.42 Å². The van der Waals surface area contributed by atoms with Gasteiger partial charge in [0.1, 0.15) is 17.4 Å². The second kappa shape index (κ2) is 3.26. The highest BCUT2D eigenvalue weighted by Crippen LogP contribution is 2.21. The van der Waals surface area contributed by atoms with Crippen LogP contribution in [-0.2, 0) is 0 Å². The molecule has 4 rings (SSSR count). The van der Waals surface area contributed by atoms with Gasteiger partial charge in [-0.25, -0.2) is 19.1 Å². The molecule has 0 atom stereocenters. The van der Waals surface area contributed by atoms with E-state index in [1.807, 2.05) is 0 Å². The molecular formula is C10H5N5O2S. The average molecular weight is 259 g/mol. The van der Waals surface area contributed by atoms with Crippen LogP contribution in [0, 0.1) is 0 Å². The van der Waals surface area contributed by atoms with Crippen molar-refractivity contribution in [1.29, 1.82) is 0 Å². The first-order valence-electron chi connectivity index (χ1n) is 5.08. The fourth-order valence-electron chi connectivity index (χ4n) is 1.83. The third-order valence-electron chi connectivity index (χ3n) is 2.58. The van der Waals surface area contributed by atoms with Gasteiger partial charge in [0.25, 0.3) is 0 Å². The van der Waals surface area contributed by atoms with Gasteiger partial charge < -0.3 is 4.42 Å². The fourth-order valence-corrected chi connectivity index (χ4v) is 2.74. The Morgan fingerprint density at radius 1 is 1.28 bits per heavy atom. The van der Waals surface area contributed by atoms with Crippen LogP contribution in [0.1, 0.15) is 0 Å². The Labute approximate surface area is 103 Å². The van der Waals surface area contributed by atoms with Crippen LogP contribution in [-0.4, -0.2) is 24.1 Å². The quantitative estimate of drug-likeness (QED) is 0.511. The molecule has 18 heavy (non-hydrogen) atoms. The van der Waals surface area contributed by atoms with Crippen LogP contribution in [0.4, 0.5) is 0 Å². The second-order valence-corrected chi connectivity index (χ2v) is 4.54. The van der Waals surface area contributed by atoms with Crippen LogP contribution in [0.25, 0.3) is 21.9 Å². The summed E-state index contributed by atoms with van der Waals surface area (Å²) in [5.41, 5.74) is 1.15. The van der Waals surface area contributed by atoms with Gasteiger partial charge in [0.05, 0.1) is 6.26 Å². The van der Waals surface area contributed by atoms with E-state index < -0.39 is 0 Å². The van der Waals surface area contributed by atoms with E-state index in [1.165, 1.54) is 28.0 Å². The summed E-state index contributed by atoms with van der Waals surface area (Å²) >= 11 is 1.07. The Kier molecular flexibility index (Phi) is 1.73. The molecule has 4 aromatic heterocycles. The maximum Gasteiger partial charge on any atom is 0.316 e. The smallest absolute Gasteiger partial charge is 0.316 e. The number of aromatic nitrogens is 5. The molecule has 0 fully saturated rings. The van der Waals surface area contributed by atoms with E-state index in [9.17, 15) is 4.79 Å². The van der Waals surface area contributed by atoms with Crippen molar-refractivity contribution in [3.8, 4) is 5.88 Å². The van der Waals surface area contributed by atoms with E-state index in [2.05, 4.69) is 15.1 Å². The molecule has 0 aliphatic heterocycles. The normalized spacial score (nSPS) is 11.6. The molecule has 8 heteroatoms. The summed E-state index contributed by atoms with van der Waals surface area (Å²) in [4.78, 5) is 20.2. The van der Waals surface area contributed by atoms with E-state index in [0.29, 0.717) is 21.9 Å². The lowest BCUT2D eigenvalue weighted by Gasteiger charge is -1.97. The van der Waals surface area contributed by atoms with Gasteiger partial charge in [-0.2, -0.15) is 5.10 Å². The van der Waals surface area contributed by atoms with Gasteiger partial charge in [0, 0.05) is 6.07 Å². The molecule has 0 spiro atoms. The molecule has 7 nitrogen and oxygen atoms in total. The van der Waals surface area contributed by atoms with Gasteiger partial charge in [-0.3, -0.25) is 4.79 Å². The van der Waals surface area contributed by atoms with Gasteiger partial charge in [-0.15, -0.1) is 0 Å². The minimum atomic E-state index is -0.163. The van der Waals surface area contributed by atoms with E-state index in [0.717, 1.165) is 11.3 Å². The molecule has 0 bridgehead atoms. The average Bonchev–Trinajstić information content (AvgIpc) is 3.05.